The van der Waals surface area contributed by atoms with Crippen LogP contribution in [0.1, 0.15) is 20.3 Å². The van der Waals surface area contributed by atoms with Gasteiger partial charge in [0.15, 0.2) is 0 Å². The van der Waals surface area contributed by atoms with Crippen molar-refractivity contribution in [1.29, 1.82) is 0 Å². The van der Waals surface area contributed by atoms with E-state index in [1.807, 2.05) is 6.92 Å². The smallest absolute Gasteiger partial charge is 0.261 e. The van der Waals surface area contributed by atoms with Gasteiger partial charge in [0, 0.05) is 11.6 Å². The van der Waals surface area contributed by atoms with Crippen LogP contribution in [-0.4, -0.2) is 26.5 Å². The quantitative estimate of drug-likeness (QED) is 0.642. The van der Waals surface area contributed by atoms with Gasteiger partial charge in [-0.25, -0.2) is 8.42 Å². The lowest BCUT2D eigenvalue weighted by Crippen LogP contribution is -2.20. The van der Waals surface area contributed by atoms with Crippen LogP contribution in [0.15, 0.2) is 47.4 Å². The van der Waals surface area contributed by atoms with Gasteiger partial charge < -0.3 is 15.2 Å². The number of carbonyl (C=O) groups excluding carboxylic acids is 1. The summed E-state index contributed by atoms with van der Waals surface area (Å²) in [6.07, 6.45) is 0.629. The van der Waals surface area contributed by atoms with Crippen molar-refractivity contribution in [2.75, 3.05) is 17.1 Å². The van der Waals surface area contributed by atoms with Gasteiger partial charge in [0.1, 0.15) is 11.5 Å². The average Bonchev–Trinajstić information content (AvgIpc) is 2.62. The second-order valence-electron chi connectivity index (χ2n) is 5.81. The minimum Gasteiger partial charge on any atom is -0.506 e. The number of carbonyl (C=O) groups is 1. The van der Waals surface area contributed by atoms with E-state index in [4.69, 9.17) is 4.74 Å². The molecule has 0 saturated heterocycles. The highest BCUT2D eigenvalue weighted by Crippen LogP contribution is 2.28. The van der Waals surface area contributed by atoms with Gasteiger partial charge >= 0.3 is 0 Å². The minimum absolute atomic E-state index is 0.0490. The van der Waals surface area contributed by atoms with E-state index in [9.17, 15) is 18.3 Å². The lowest BCUT2D eigenvalue weighted by molar-refractivity contribution is -0.119. The molecule has 0 aliphatic rings. The Bertz CT molecular complexity index is 879. The van der Waals surface area contributed by atoms with Crippen molar-refractivity contribution in [1.82, 2.24) is 0 Å². The highest BCUT2D eigenvalue weighted by atomic mass is 32.2. The summed E-state index contributed by atoms with van der Waals surface area (Å²) >= 11 is 0. The number of phenols is 1. The molecule has 0 aromatic heterocycles. The number of rotatable bonds is 7. The zero-order valence-corrected chi connectivity index (χ0v) is 15.6. The first kappa shape index (κ1) is 19.6. The molecular weight excluding hydrogens is 356 g/mol. The first-order chi connectivity index (χ1) is 12.3. The van der Waals surface area contributed by atoms with Crippen molar-refractivity contribution < 1.29 is 23.1 Å². The molecule has 0 unspecified atom stereocenters. The third-order valence-corrected chi connectivity index (χ3v) is 5.32. The van der Waals surface area contributed by atoms with E-state index in [1.165, 1.54) is 25.3 Å². The number of nitrogens with one attached hydrogen (secondary N) is 2. The summed E-state index contributed by atoms with van der Waals surface area (Å²) in [6, 6.07) is 10.1. The second kappa shape index (κ2) is 8.09. The van der Waals surface area contributed by atoms with Crippen molar-refractivity contribution in [3.05, 3.63) is 42.5 Å². The third-order valence-electron chi connectivity index (χ3n) is 3.94. The number of sulfonamides is 1. The second-order valence-corrected chi connectivity index (χ2v) is 7.49. The van der Waals surface area contributed by atoms with Crippen molar-refractivity contribution >= 4 is 27.3 Å². The van der Waals surface area contributed by atoms with Gasteiger partial charge in [0.25, 0.3) is 10.0 Å². The Labute approximate surface area is 153 Å². The van der Waals surface area contributed by atoms with E-state index < -0.39 is 10.0 Å². The maximum Gasteiger partial charge on any atom is 0.261 e. The average molecular weight is 378 g/mol. The summed E-state index contributed by atoms with van der Waals surface area (Å²) in [5.74, 6) is -0.148. The van der Waals surface area contributed by atoms with Crippen LogP contribution in [0.25, 0.3) is 0 Å². The summed E-state index contributed by atoms with van der Waals surface area (Å²) in [5, 5.41) is 12.5. The normalized spacial score (nSPS) is 12.3. The number of hydrogen-bond acceptors (Lipinski definition) is 5. The number of aromatic hydroxyl groups is 1. The molecule has 7 nitrogen and oxygen atoms in total. The number of hydrogen-bond donors (Lipinski definition) is 3. The molecule has 1 atom stereocenters. The molecule has 0 heterocycles. The molecule has 2 rings (SSSR count). The predicted octanol–water partition coefficient (Wildman–Crippen LogP) is 3.19. The van der Waals surface area contributed by atoms with Gasteiger partial charge in [-0.1, -0.05) is 13.8 Å². The fraction of sp³-hybridized carbons (Fsp3) is 0.278. The Morgan fingerprint density at radius 3 is 2.42 bits per heavy atom. The van der Waals surface area contributed by atoms with Gasteiger partial charge in [0.2, 0.25) is 5.91 Å². The van der Waals surface area contributed by atoms with Crippen molar-refractivity contribution in [3.63, 3.8) is 0 Å². The summed E-state index contributed by atoms with van der Waals surface area (Å²) in [5.41, 5.74) is 0.414. The SMILES string of the molecule is CC[C@@H](C)C(=O)Nc1cc(S(=O)(=O)Nc2ccc(OC)cc2)ccc1O. The van der Waals surface area contributed by atoms with Crippen LogP contribution >= 0.6 is 0 Å². The number of benzene rings is 2. The number of phenolic OH excluding ortho intramolecular Hbond substituents is 1. The van der Waals surface area contributed by atoms with Crippen molar-refractivity contribution in [2.45, 2.75) is 25.2 Å². The molecule has 0 radical (unpaired) electrons. The van der Waals surface area contributed by atoms with E-state index in [2.05, 4.69) is 10.0 Å². The Morgan fingerprint density at radius 1 is 1.19 bits per heavy atom. The van der Waals surface area contributed by atoms with E-state index in [0.717, 1.165) is 0 Å². The van der Waals surface area contributed by atoms with Crippen LogP contribution in [0, 0.1) is 5.92 Å². The molecule has 26 heavy (non-hydrogen) atoms. The number of amides is 1. The number of methoxy groups -OCH3 is 1. The van der Waals surface area contributed by atoms with Gasteiger partial charge in [-0.15, -0.1) is 0 Å². The topological polar surface area (TPSA) is 105 Å². The van der Waals surface area contributed by atoms with Crippen LogP contribution in [0.4, 0.5) is 11.4 Å². The maximum atomic E-state index is 12.6. The molecule has 2 aromatic rings. The van der Waals surface area contributed by atoms with Crippen LogP contribution < -0.4 is 14.8 Å². The largest absolute Gasteiger partial charge is 0.506 e. The zero-order valence-electron chi connectivity index (χ0n) is 14.8. The standard InChI is InChI=1S/C18H22N2O5S/c1-4-12(2)18(22)19-16-11-15(9-10-17(16)21)26(23,24)20-13-5-7-14(25-3)8-6-13/h5-12,20-21H,4H2,1-3H3,(H,19,22)/t12-/m1/s1. The molecule has 0 aliphatic heterocycles. The van der Waals surface area contributed by atoms with Gasteiger partial charge in [-0.2, -0.15) is 0 Å². The van der Waals surface area contributed by atoms with Crippen molar-refractivity contribution in [2.24, 2.45) is 5.92 Å². The van der Waals surface area contributed by atoms with Gasteiger partial charge in [0.05, 0.1) is 17.7 Å². The molecule has 0 aliphatic carbocycles. The lowest BCUT2D eigenvalue weighted by Gasteiger charge is -2.13. The number of anilines is 2. The monoisotopic (exact) mass is 378 g/mol. The van der Waals surface area contributed by atoms with Crippen LogP contribution in [0.2, 0.25) is 0 Å². The fourth-order valence-corrected chi connectivity index (χ4v) is 3.18. The van der Waals surface area contributed by atoms with E-state index >= 15 is 0 Å². The molecule has 140 valence electrons. The first-order valence-corrected chi connectivity index (χ1v) is 9.56. The molecule has 1 amide bonds. The molecule has 0 fully saturated rings. The predicted molar refractivity (Wildman–Crippen MR) is 100.0 cm³/mol. The lowest BCUT2D eigenvalue weighted by atomic mass is 10.1. The zero-order chi connectivity index (χ0) is 19.3. The van der Waals surface area contributed by atoms with Crippen LogP contribution in [0.5, 0.6) is 11.5 Å². The van der Waals surface area contributed by atoms with Crippen LogP contribution in [0.3, 0.4) is 0 Å². The Hall–Kier alpha value is -2.74. The van der Waals surface area contributed by atoms with Gasteiger partial charge in [-0.05, 0) is 48.9 Å². The van der Waals surface area contributed by atoms with Crippen molar-refractivity contribution in [3.8, 4) is 11.5 Å². The minimum atomic E-state index is -3.89. The maximum absolute atomic E-state index is 12.6. The molecule has 2 aromatic carbocycles. The van der Waals surface area contributed by atoms with Gasteiger partial charge in [-0.3, -0.25) is 9.52 Å². The highest BCUT2D eigenvalue weighted by molar-refractivity contribution is 7.92. The number of ether oxygens (including phenoxy) is 1. The fourth-order valence-electron chi connectivity index (χ4n) is 2.10. The Kier molecular flexibility index (Phi) is 6.10. The van der Waals surface area contributed by atoms with E-state index in [1.54, 1.807) is 31.2 Å². The highest BCUT2D eigenvalue weighted by Gasteiger charge is 2.18. The molecule has 0 bridgehead atoms. The Morgan fingerprint density at radius 2 is 1.85 bits per heavy atom. The summed E-state index contributed by atoms with van der Waals surface area (Å²) < 4.78 is 32.6. The third kappa shape index (κ3) is 4.66. The van der Waals surface area contributed by atoms with E-state index in [0.29, 0.717) is 17.9 Å². The Balaban J connectivity index is 2.25. The summed E-state index contributed by atoms with van der Waals surface area (Å²) in [4.78, 5) is 11.9. The molecule has 0 spiro atoms. The first-order valence-electron chi connectivity index (χ1n) is 8.07. The molecule has 8 heteroatoms. The molecule has 0 saturated carbocycles. The molecule has 3 N–H and O–H groups in total. The summed E-state index contributed by atoms with van der Waals surface area (Å²) in [7, 11) is -2.37. The van der Waals surface area contributed by atoms with E-state index in [-0.39, 0.29) is 28.2 Å². The molecular formula is C18H22N2O5S. The summed E-state index contributed by atoms with van der Waals surface area (Å²) in [6.45, 7) is 3.61. The van der Waals surface area contributed by atoms with Crippen LogP contribution in [-0.2, 0) is 14.8 Å².